The van der Waals surface area contributed by atoms with Crippen LogP contribution in [0.15, 0.2) is 24.4 Å². The second-order valence-electron chi connectivity index (χ2n) is 5.13. The first-order valence-electron chi connectivity index (χ1n) is 6.61. The van der Waals surface area contributed by atoms with Gasteiger partial charge in [0, 0.05) is 24.8 Å². The molecule has 4 nitrogen and oxygen atoms in total. The Balaban J connectivity index is 1.86. The predicted molar refractivity (Wildman–Crippen MR) is 79.4 cm³/mol. The van der Waals surface area contributed by atoms with Gasteiger partial charge in [-0.15, -0.1) is 0 Å². The van der Waals surface area contributed by atoms with E-state index in [0.717, 1.165) is 30.9 Å². The average molecular weight is 290 g/mol. The molecule has 20 heavy (non-hydrogen) atoms. The fourth-order valence-corrected chi connectivity index (χ4v) is 2.74. The molecule has 2 aromatic rings. The van der Waals surface area contributed by atoms with Crippen LogP contribution in [0.5, 0.6) is 0 Å². The van der Waals surface area contributed by atoms with Crippen LogP contribution >= 0.6 is 11.6 Å². The van der Waals surface area contributed by atoms with Crippen molar-refractivity contribution in [2.24, 2.45) is 7.05 Å². The van der Waals surface area contributed by atoms with Gasteiger partial charge in [-0.25, -0.2) is 4.98 Å². The maximum atomic E-state index is 11.4. The van der Waals surface area contributed by atoms with E-state index < -0.39 is 0 Å². The van der Waals surface area contributed by atoms with Crippen molar-refractivity contribution in [3.8, 4) is 0 Å². The van der Waals surface area contributed by atoms with Crippen LogP contribution in [0, 0.1) is 0 Å². The van der Waals surface area contributed by atoms with E-state index >= 15 is 0 Å². The molecule has 1 aromatic heterocycles. The average Bonchev–Trinajstić information content (AvgIpc) is 2.97. The Morgan fingerprint density at radius 2 is 2.25 bits per heavy atom. The minimum Gasteiger partial charge on any atom is -0.363 e. The fraction of sp³-hybridized carbons (Fsp3) is 0.333. The maximum absolute atomic E-state index is 11.4. The van der Waals surface area contributed by atoms with Gasteiger partial charge in [-0.1, -0.05) is 11.6 Å². The van der Waals surface area contributed by atoms with E-state index in [4.69, 9.17) is 11.6 Å². The maximum Gasteiger partial charge on any atom is 0.159 e. The number of aromatic nitrogens is 2. The highest BCUT2D eigenvalue weighted by atomic mass is 35.5. The Bertz CT molecular complexity index is 678. The SMILES string of the molecule is CC(=O)c1ccc2c(c1)CCN2Cc1ncc(Cl)n1C. The van der Waals surface area contributed by atoms with E-state index in [-0.39, 0.29) is 5.78 Å². The standard InChI is InChI=1S/C15H16ClN3O/c1-10(20)11-3-4-13-12(7-11)5-6-19(13)9-15-17-8-14(16)18(15)2/h3-4,7-8H,5-6,9H2,1-2H3. The number of fused-ring (bicyclic) bond motifs is 1. The minimum absolute atomic E-state index is 0.113. The van der Waals surface area contributed by atoms with Crippen molar-refractivity contribution in [1.29, 1.82) is 0 Å². The van der Waals surface area contributed by atoms with Gasteiger partial charge in [0.25, 0.3) is 0 Å². The summed E-state index contributed by atoms with van der Waals surface area (Å²) in [6, 6.07) is 5.93. The molecule has 0 radical (unpaired) electrons. The molecule has 0 unspecified atom stereocenters. The molecule has 0 aliphatic carbocycles. The van der Waals surface area contributed by atoms with Gasteiger partial charge in [-0.05, 0) is 37.1 Å². The second kappa shape index (κ2) is 4.94. The molecule has 1 aliphatic heterocycles. The van der Waals surface area contributed by atoms with Gasteiger partial charge in [-0.3, -0.25) is 4.79 Å². The highest BCUT2D eigenvalue weighted by Crippen LogP contribution is 2.30. The highest BCUT2D eigenvalue weighted by molar-refractivity contribution is 6.29. The topological polar surface area (TPSA) is 38.1 Å². The van der Waals surface area contributed by atoms with Crippen LogP contribution in [0.2, 0.25) is 5.15 Å². The third kappa shape index (κ3) is 2.20. The van der Waals surface area contributed by atoms with Crippen LogP contribution in [-0.2, 0) is 20.0 Å². The molecule has 0 amide bonds. The first-order chi connectivity index (χ1) is 9.56. The van der Waals surface area contributed by atoms with Crippen molar-refractivity contribution >= 4 is 23.1 Å². The molecular weight excluding hydrogens is 274 g/mol. The molecule has 1 aromatic carbocycles. The van der Waals surface area contributed by atoms with Crippen LogP contribution in [0.3, 0.4) is 0 Å². The van der Waals surface area contributed by atoms with Gasteiger partial charge in [-0.2, -0.15) is 0 Å². The van der Waals surface area contributed by atoms with Gasteiger partial charge in [0.2, 0.25) is 0 Å². The zero-order valence-corrected chi connectivity index (χ0v) is 12.3. The molecule has 0 bridgehead atoms. The van der Waals surface area contributed by atoms with E-state index in [1.54, 1.807) is 13.1 Å². The number of anilines is 1. The molecule has 1 aliphatic rings. The number of halogens is 1. The molecule has 104 valence electrons. The lowest BCUT2D eigenvalue weighted by molar-refractivity contribution is 0.101. The van der Waals surface area contributed by atoms with E-state index in [1.807, 2.05) is 29.8 Å². The number of carbonyl (C=O) groups is 1. The molecule has 3 rings (SSSR count). The van der Waals surface area contributed by atoms with Gasteiger partial charge in [0.05, 0.1) is 12.7 Å². The summed E-state index contributed by atoms with van der Waals surface area (Å²) < 4.78 is 1.89. The van der Waals surface area contributed by atoms with Crippen LogP contribution in [0.25, 0.3) is 0 Å². The Kier molecular flexibility index (Phi) is 3.26. The molecule has 0 saturated heterocycles. The van der Waals surface area contributed by atoms with Crippen LogP contribution < -0.4 is 4.90 Å². The van der Waals surface area contributed by atoms with Gasteiger partial charge >= 0.3 is 0 Å². The molecular formula is C15H16ClN3O. The number of hydrogen-bond acceptors (Lipinski definition) is 3. The van der Waals surface area contributed by atoms with Crippen molar-refractivity contribution < 1.29 is 4.79 Å². The third-order valence-electron chi connectivity index (χ3n) is 3.84. The zero-order valence-electron chi connectivity index (χ0n) is 11.6. The number of hydrogen-bond donors (Lipinski definition) is 0. The summed E-state index contributed by atoms with van der Waals surface area (Å²) in [5.41, 5.74) is 3.21. The van der Waals surface area contributed by atoms with Crippen molar-refractivity contribution in [3.63, 3.8) is 0 Å². The first kappa shape index (κ1) is 13.2. The number of nitrogens with zero attached hydrogens (tertiary/aromatic N) is 3. The van der Waals surface area contributed by atoms with Gasteiger partial charge in [0.15, 0.2) is 5.78 Å². The van der Waals surface area contributed by atoms with E-state index in [1.165, 1.54) is 11.3 Å². The molecule has 0 saturated carbocycles. The summed E-state index contributed by atoms with van der Waals surface area (Å²) in [6.45, 7) is 3.28. The molecule has 0 spiro atoms. The summed E-state index contributed by atoms with van der Waals surface area (Å²) in [7, 11) is 1.92. The monoisotopic (exact) mass is 289 g/mol. The lowest BCUT2D eigenvalue weighted by Gasteiger charge is -2.19. The van der Waals surface area contributed by atoms with Crippen molar-refractivity contribution in [2.45, 2.75) is 19.9 Å². The van der Waals surface area contributed by atoms with Crippen LogP contribution in [-0.4, -0.2) is 21.9 Å². The van der Waals surface area contributed by atoms with Crippen molar-refractivity contribution in [1.82, 2.24) is 9.55 Å². The third-order valence-corrected chi connectivity index (χ3v) is 4.19. The van der Waals surface area contributed by atoms with Crippen LogP contribution in [0.1, 0.15) is 28.7 Å². The smallest absolute Gasteiger partial charge is 0.159 e. The number of rotatable bonds is 3. The number of ketones is 1. The summed E-state index contributed by atoms with van der Waals surface area (Å²) in [5, 5.41) is 0.645. The first-order valence-corrected chi connectivity index (χ1v) is 6.99. The highest BCUT2D eigenvalue weighted by Gasteiger charge is 2.21. The number of carbonyl (C=O) groups excluding carboxylic acids is 1. The Hall–Kier alpha value is -1.81. The Morgan fingerprint density at radius 3 is 2.90 bits per heavy atom. The molecule has 0 atom stereocenters. The molecule has 0 fully saturated rings. The summed E-state index contributed by atoms with van der Waals surface area (Å²) >= 11 is 6.02. The largest absolute Gasteiger partial charge is 0.363 e. The zero-order chi connectivity index (χ0) is 14.3. The van der Waals surface area contributed by atoms with E-state index in [0.29, 0.717) is 5.15 Å². The Morgan fingerprint density at radius 1 is 1.45 bits per heavy atom. The fourth-order valence-electron chi connectivity index (χ4n) is 2.60. The quantitative estimate of drug-likeness (QED) is 0.816. The molecule has 2 heterocycles. The summed E-state index contributed by atoms with van der Waals surface area (Å²) in [6.07, 6.45) is 2.64. The second-order valence-corrected chi connectivity index (χ2v) is 5.51. The van der Waals surface area contributed by atoms with Gasteiger partial charge in [0.1, 0.15) is 11.0 Å². The number of Topliss-reactive ketones (excluding diaryl/α,β-unsaturated/α-hetero) is 1. The minimum atomic E-state index is 0.113. The van der Waals surface area contributed by atoms with E-state index in [2.05, 4.69) is 9.88 Å². The normalized spacial score (nSPS) is 13.7. The van der Waals surface area contributed by atoms with Crippen LogP contribution in [0.4, 0.5) is 5.69 Å². The molecule has 0 N–H and O–H groups in total. The summed E-state index contributed by atoms with van der Waals surface area (Å²) in [4.78, 5) is 18.0. The number of benzene rings is 1. The number of imidazole rings is 1. The van der Waals surface area contributed by atoms with Crippen molar-refractivity contribution in [3.05, 3.63) is 46.5 Å². The molecule has 5 heteroatoms. The Labute approximate surface area is 123 Å². The summed E-state index contributed by atoms with van der Waals surface area (Å²) in [5.74, 6) is 1.06. The lowest BCUT2D eigenvalue weighted by atomic mass is 10.1. The predicted octanol–water partition coefficient (Wildman–Crippen LogP) is 2.84. The lowest BCUT2D eigenvalue weighted by Crippen LogP contribution is -2.21. The van der Waals surface area contributed by atoms with E-state index in [9.17, 15) is 4.79 Å². The van der Waals surface area contributed by atoms with Gasteiger partial charge < -0.3 is 9.47 Å². The van der Waals surface area contributed by atoms with Crippen molar-refractivity contribution in [2.75, 3.05) is 11.4 Å².